The second-order valence-electron chi connectivity index (χ2n) is 5.45. The summed E-state index contributed by atoms with van der Waals surface area (Å²) in [4.78, 5) is 6.50. The van der Waals surface area contributed by atoms with Crippen LogP contribution in [0.3, 0.4) is 0 Å². The summed E-state index contributed by atoms with van der Waals surface area (Å²) in [6, 6.07) is 12.5. The van der Waals surface area contributed by atoms with E-state index in [1.54, 1.807) is 30.5 Å². The normalized spacial score (nSPS) is 21.3. The van der Waals surface area contributed by atoms with Gasteiger partial charge in [-0.25, -0.2) is 9.37 Å². The fourth-order valence-corrected chi connectivity index (χ4v) is 3.10. The van der Waals surface area contributed by atoms with Crippen LogP contribution in [-0.4, -0.2) is 11.5 Å². The lowest BCUT2D eigenvalue weighted by Crippen LogP contribution is -2.26. The van der Waals surface area contributed by atoms with Crippen LogP contribution in [0.1, 0.15) is 30.5 Å². The number of pyridine rings is 1. The Morgan fingerprint density at radius 2 is 2.19 bits per heavy atom. The van der Waals surface area contributed by atoms with Gasteiger partial charge in [-0.05, 0) is 42.2 Å². The summed E-state index contributed by atoms with van der Waals surface area (Å²) >= 11 is 0. The maximum Gasteiger partial charge on any atom is 0.146 e. The van der Waals surface area contributed by atoms with E-state index in [2.05, 4.69) is 22.9 Å². The molecule has 1 aliphatic rings. The van der Waals surface area contributed by atoms with Gasteiger partial charge >= 0.3 is 0 Å². The smallest absolute Gasteiger partial charge is 0.146 e. The van der Waals surface area contributed by atoms with E-state index < -0.39 is 0 Å². The van der Waals surface area contributed by atoms with E-state index in [9.17, 15) is 9.65 Å². The molecule has 1 aliphatic heterocycles. The summed E-state index contributed by atoms with van der Waals surface area (Å²) in [5.74, 6) is 0.854. The third kappa shape index (κ3) is 2.47. The Morgan fingerprint density at radius 3 is 2.95 bits per heavy atom. The lowest BCUT2D eigenvalue weighted by atomic mass is 9.95. The predicted octanol–water partition coefficient (Wildman–Crippen LogP) is 3.68. The van der Waals surface area contributed by atoms with Gasteiger partial charge in [-0.2, -0.15) is 5.26 Å². The highest BCUT2D eigenvalue weighted by Gasteiger charge is 2.34. The third-order valence-corrected chi connectivity index (χ3v) is 4.07. The van der Waals surface area contributed by atoms with Gasteiger partial charge in [0.15, 0.2) is 0 Å². The molecule has 0 aliphatic carbocycles. The van der Waals surface area contributed by atoms with E-state index in [1.807, 2.05) is 6.07 Å². The van der Waals surface area contributed by atoms with Crippen LogP contribution >= 0.6 is 0 Å². The number of aromatic nitrogens is 1. The molecular formula is C17H16FN3. The van der Waals surface area contributed by atoms with Gasteiger partial charge in [-0.15, -0.1) is 0 Å². The number of anilines is 1. The first-order chi connectivity index (χ1) is 10.2. The third-order valence-electron chi connectivity index (χ3n) is 4.07. The number of hydrogen-bond acceptors (Lipinski definition) is 3. The lowest BCUT2D eigenvalue weighted by Gasteiger charge is -2.29. The van der Waals surface area contributed by atoms with Gasteiger partial charge in [0.2, 0.25) is 0 Å². The van der Waals surface area contributed by atoms with E-state index in [0.29, 0.717) is 17.3 Å². The zero-order valence-corrected chi connectivity index (χ0v) is 11.8. The number of nitrogens with zero attached hydrogens (tertiary/aromatic N) is 3. The number of rotatable bonds is 2. The molecule has 1 fully saturated rings. The zero-order chi connectivity index (χ0) is 14.8. The molecule has 4 heteroatoms. The maximum atomic E-state index is 13.5. The first-order valence-corrected chi connectivity index (χ1v) is 7.08. The summed E-state index contributed by atoms with van der Waals surface area (Å²) in [6.45, 7) is 2.98. The molecular weight excluding hydrogens is 265 g/mol. The summed E-state index contributed by atoms with van der Waals surface area (Å²) in [5, 5.41) is 9.27. The molecule has 2 unspecified atom stereocenters. The van der Waals surface area contributed by atoms with Crippen LogP contribution in [-0.2, 0) is 0 Å². The molecule has 0 amide bonds. The van der Waals surface area contributed by atoms with Gasteiger partial charge in [0.25, 0.3) is 0 Å². The summed E-state index contributed by atoms with van der Waals surface area (Å²) in [6.07, 6.45) is 2.70. The molecule has 0 saturated carbocycles. The molecule has 0 bridgehead atoms. The Hall–Kier alpha value is -2.41. The van der Waals surface area contributed by atoms with Gasteiger partial charge in [0.05, 0.1) is 11.6 Å². The van der Waals surface area contributed by atoms with Crippen molar-refractivity contribution in [3.05, 3.63) is 59.5 Å². The van der Waals surface area contributed by atoms with Crippen molar-refractivity contribution >= 4 is 5.82 Å². The molecule has 1 saturated heterocycles. The molecule has 0 spiro atoms. The zero-order valence-electron chi connectivity index (χ0n) is 11.8. The fraction of sp³-hybridized carbons (Fsp3) is 0.294. The number of benzene rings is 1. The van der Waals surface area contributed by atoms with Crippen molar-refractivity contribution in [3.8, 4) is 6.07 Å². The second-order valence-corrected chi connectivity index (χ2v) is 5.45. The molecule has 0 radical (unpaired) electrons. The van der Waals surface area contributed by atoms with Crippen LogP contribution in [0, 0.1) is 23.1 Å². The van der Waals surface area contributed by atoms with Gasteiger partial charge in [0.1, 0.15) is 17.7 Å². The van der Waals surface area contributed by atoms with Crippen molar-refractivity contribution < 1.29 is 4.39 Å². The Labute approximate surface area is 123 Å². The molecule has 1 aromatic carbocycles. The van der Waals surface area contributed by atoms with Gasteiger partial charge < -0.3 is 4.90 Å². The van der Waals surface area contributed by atoms with E-state index in [4.69, 9.17) is 0 Å². The monoisotopic (exact) mass is 281 g/mol. The minimum absolute atomic E-state index is 0.0581. The van der Waals surface area contributed by atoms with Crippen LogP contribution in [0.2, 0.25) is 0 Å². The SMILES string of the molecule is CC1CCN(c2ncccc2C#N)C1c1cccc(F)c1. The Morgan fingerprint density at radius 1 is 1.33 bits per heavy atom. The quantitative estimate of drug-likeness (QED) is 0.843. The molecule has 2 heterocycles. The highest BCUT2D eigenvalue weighted by atomic mass is 19.1. The summed E-state index contributed by atoms with van der Waals surface area (Å²) < 4.78 is 13.5. The van der Waals surface area contributed by atoms with Crippen LogP contribution in [0.15, 0.2) is 42.6 Å². The highest BCUT2D eigenvalue weighted by Crippen LogP contribution is 2.40. The van der Waals surface area contributed by atoms with Crippen molar-refractivity contribution in [2.24, 2.45) is 5.92 Å². The van der Waals surface area contributed by atoms with E-state index in [-0.39, 0.29) is 11.9 Å². The Bertz CT molecular complexity index is 692. The molecule has 3 rings (SSSR count). The standard InChI is InChI=1S/C17H16FN3/c1-12-7-9-21(17-14(11-19)5-3-8-20-17)16(12)13-4-2-6-15(18)10-13/h2-6,8,10,12,16H,7,9H2,1H3. The van der Waals surface area contributed by atoms with Gasteiger partial charge in [-0.1, -0.05) is 19.1 Å². The molecule has 106 valence electrons. The largest absolute Gasteiger partial charge is 0.348 e. The lowest BCUT2D eigenvalue weighted by molar-refractivity contribution is 0.526. The average Bonchev–Trinajstić information content (AvgIpc) is 2.88. The number of hydrogen-bond donors (Lipinski definition) is 0. The molecule has 3 nitrogen and oxygen atoms in total. The van der Waals surface area contributed by atoms with Gasteiger partial charge in [-0.3, -0.25) is 0 Å². The molecule has 21 heavy (non-hydrogen) atoms. The summed E-state index contributed by atoms with van der Waals surface area (Å²) in [7, 11) is 0. The molecule has 2 atom stereocenters. The van der Waals surface area contributed by atoms with E-state index in [0.717, 1.165) is 18.5 Å². The minimum atomic E-state index is -0.229. The molecule has 2 aromatic rings. The number of nitriles is 1. The van der Waals surface area contributed by atoms with E-state index >= 15 is 0 Å². The topological polar surface area (TPSA) is 39.9 Å². The van der Waals surface area contributed by atoms with Crippen molar-refractivity contribution in [1.82, 2.24) is 4.98 Å². The number of halogens is 1. The average molecular weight is 281 g/mol. The van der Waals surface area contributed by atoms with E-state index in [1.165, 1.54) is 6.07 Å². The van der Waals surface area contributed by atoms with Crippen LogP contribution in [0.4, 0.5) is 10.2 Å². The van der Waals surface area contributed by atoms with Crippen molar-refractivity contribution in [2.75, 3.05) is 11.4 Å². The Balaban J connectivity index is 2.04. The minimum Gasteiger partial charge on any atom is -0.348 e. The van der Waals surface area contributed by atoms with Crippen LogP contribution in [0.5, 0.6) is 0 Å². The van der Waals surface area contributed by atoms with Crippen LogP contribution in [0.25, 0.3) is 0 Å². The second kappa shape index (κ2) is 5.53. The van der Waals surface area contributed by atoms with Crippen molar-refractivity contribution in [1.29, 1.82) is 5.26 Å². The fourth-order valence-electron chi connectivity index (χ4n) is 3.10. The Kier molecular flexibility index (Phi) is 3.57. The predicted molar refractivity (Wildman–Crippen MR) is 79.2 cm³/mol. The molecule has 1 aromatic heterocycles. The van der Waals surface area contributed by atoms with Crippen LogP contribution < -0.4 is 4.90 Å². The van der Waals surface area contributed by atoms with Gasteiger partial charge in [0, 0.05) is 12.7 Å². The van der Waals surface area contributed by atoms with Crippen molar-refractivity contribution in [3.63, 3.8) is 0 Å². The highest BCUT2D eigenvalue weighted by molar-refractivity contribution is 5.56. The van der Waals surface area contributed by atoms with Crippen molar-refractivity contribution in [2.45, 2.75) is 19.4 Å². The first kappa shape index (κ1) is 13.6. The first-order valence-electron chi connectivity index (χ1n) is 7.08. The molecule has 0 N–H and O–H groups in total. The maximum absolute atomic E-state index is 13.5. The summed E-state index contributed by atoms with van der Waals surface area (Å²) in [5.41, 5.74) is 1.50.